The van der Waals surface area contributed by atoms with Crippen LogP contribution < -0.4 is 10.1 Å². The highest BCUT2D eigenvalue weighted by Crippen LogP contribution is 2.39. The third-order valence-corrected chi connectivity index (χ3v) is 7.37. The van der Waals surface area contributed by atoms with E-state index < -0.39 is 0 Å². The lowest BCUT2D eigenvalue weighted by molar-refractivity contribution is 0.102. The van der Waals surface area contributed by atoms with Crippen LogP contribution in [0.5, 0.6) is 5.75 Å². The average molecular weight is 399 g/mol. The number of likely N-dealkylation sites (tertiary alicyclic amines) is 1. The van der Waals surface area contributed by atoms with E-state index >= 15 is 0 Å². The molecule has 1 aliphatic heterocycles. The molecule has 150 valence electrons. The Balaban J connectivity index is 1.55. The number of nitrogens with zero attached hydrogens (tertiary/aromatic N) is 1. The highest BCUT2D eigenvalue weighted by atomic mass is 32.1. The Hall–Kier alpha value is -1.85. The maximum Gasteiger partial charge on any atom is 0.256 e. The monoisotopic (exact) mass is 398 g/mol. The van der Waals surface area contributed by atoms with Gasteiger partial charge in [0.05, 0.1) is 7.11 Å². The summed E-state index contributed by atoms with van der Waals surface area (Å²) in [4.78, 5) is 16.9. The Morgan fingerprint density at radius 3 is 2.61 bits per heavy atom. The first-order valence-electron chi connectivity index (χ1n) is 10.4. The van der Waals surface area contributed by atoms with Crippen molar-refractivity contribution in [3.8, 4) is 5.75 Å². The normalized spacial score (nSPS) is 17.9. The Morgan fingerprint density at radius 1 is 1.18 bits per heavy atom. The van der Waals surface area contributed by atoms with Crippen molar-refractivity contribution in [2.75, 3.05) is 25.5 Å². The van der Waals surface area contributed by atoms with Crippen LogP contribution in [0.15, 0.2) is 24.3 Å². The van der Waals surface area contributed by atoms with E-state index in [4.69, 9.17) is 4.74 Å². The number of anilines is 1. The summed E-state index contributed by atoms with van der Waals surface area (Å²) in [6, 6.07) is 7.33. The largest absolute Gasteiger partial charge is 0.497 e. The van der Waals surface area contributed by atoms with Gasteiger partial charge in [-0.2, -0.15) is 0 Å². The van der Waals surface area contributed by atoms with Crippen molar-refractivity contribution >= 4 is 22.2 Å². The molecule has 0 saturated carbocycles. The van der Waals surface area contributed by atoms with Crippen LogP contribution in [0.4, 0.5) is 5.00 Å². The van der Waals surface area contributed by atoms with Crippen molar-refractivity contribution in [1.29, 1.82) is 0 Å². The van der Waals surface area contributed by atoms with Gasteiger partial charge in [-0.05, 0) is 87.4 Å². The second kappa shape index (κ2) is 8.66. The maximum atomic E-state index is 12.9. The second-order valence-electron chi connectivity index (χ2n) is 8.16. The van der Waals surface area contributed by atoms with Gasteiger partial charge in [0.1, 0.15) is 10.8 Å². The Bertz CT molecular complexity index is 820. The smallest absolute Gasteiger partial charge is 0.256 e. The van der Waals surface area contributed by atoms with Gasteiger partial charge in [-0.15, -0.1) is 11.3 Å². The van der Waals surface area contributed by atoms with E-state index in [9.17, 15) is 4.79 Å². The van der Waals surface area contributed by atoms with Crippen molar-refractivity contribution in [3.05, 3.63) is 45.8 Å². The van der Waals surface area contributed by atoms with E-state index in [0.717, 1.165) is 49.1 Å². The fourth-order valence-electron chi connectivity index (χ4n) is 4.26. The van der Waals surface area contributed by atoms with Gasteiger partial charge < -0.3 is 10.1 Å². The number of nitrogens with one attached hydrogen (secondary N) is 1. The molecule has 28 heavy (non-hydrogen) atoms. The highest BCUT2D eigenvalue weighted by molar-refractivity contribution is 7.16. The number of aryl methyl sites for hydroxylation is 1. The van der Waals surface area contributed by atoms with Gasteiger partial charge in [0.2, 0.25) is 0 Å². The lowest BCUT2D eigenvalue weighted by Gasteiger charge is -2.30. The zero-order chi connectivity index (χ0) is 19.5. The molecule has 1 aromatic carbocycles. The van der Waals surface area contributed by atoms with Crippen molar-refractivity contribution < 1.29 is 9.53 Å². The number of carbonyl (C=O) groups excluding carboxylic acids is 1. The van der Waals surface area contributed by atoms with E-state index in [2.05, 4.69) is 17.1 Å². The van der Waals surface area contributed by atoms with Crippen LogP contribution in [0.2, 0.25) is 0 Å². The lowest BCUT2D eigenvalue weighted by Crippen LogP contribution is -2.32. The molecule has 2 aromatic rings. The molecule has 1 fully saturated rings. The molecule has 0 radical (unpaired) electrons. The van der Waals surface area contributed by atoms with Gasteiger partial charge in [0.25, 0.3) is 5.91 Å². The highest BCUT2D eigenvalue weighted by Gasteiger charge is 2.25. The van der Waals surface area contributed by atoms with Gasteiger partial charge in [-0.3, -0.25) is 9.69 Å². The predicted molar refractivity (Wildman–Crippen MR) is 116 cm³/mol. The van der Waals surface area contributed by atoms with E-state index in [-0.39, 0.29) is 5.91 Å². The number of hydrogen-bond acceptors (Lipinski definition) is 4. The number of ether oxygens (including phenoxy) is 1. The fraction of sp³-hybridized carbons (Fsp3) is 0.522. The molecular weight excluding hydrogens is 368 g/mol. The molecule has 0 unspecified atom stereocenters. The molecule has 4 nitrogen and oxygen atoms in total. The molecule has 5 heteroatoms. The fourth-order valence-corrected chi connectivity index (χ4v) is 5.56. The minimum absolute atomic E-state index is 0.0326. The summed E-state index contributed by atoms with van der Waals surface area (Å²) in [6.45, 7) is 5.65. The summed E-state index contributed by atoms with van der Waals surface area (Å²) < 4.78 is 5.20. The Morgan fingerprint density at radius 2 is 1.89 bits per heavy atom. The number of piperidine rings is 1. The molecule has 2 heterocycles. The van der Waals surface area contributed by atoms with Crippen molar-refractivity contribution in [2.45, 2.75) is 52.0 Å². The number of hydrogen-bond donors (Lipinski definition) is 1. The molecule has 2 aliphatic rings. The summed E-state index contributed by atoms with van der Waals surface area (Å²) in [5, 5.41) is 4.29. The van der Waals surface area contributed by atoms with Crippen LogP contribution >= 0.6 is 11.3 Å². The average Bonchev–Trinajstić information content (AvgIpc) is 3.06. The van der Waals surface area contributed by atoms with Crippen molar-refractivity contribution in [2.24, 2.45) is 5.92 Å². The van der Waals surface area contributed by atoms with Gasteiger partial charge in [-0.1, -0.05) is 6.92 Å². The van der Waals surface area contributed by atoms with Crippen molar-refractivity contribution in [1.82, 2.24) is 4.90 Å². The SMILES string of the molecule is COc1ccc(C(=O)Nc2sc3c(c2CN2CCC(C)CC2)CCCC3)cc1. The number of benzene rings is 1. The van der Waals surface area contributed by atoms with Gasteiger partial charge in [0.15, 0.2) is 0 Å². The molecule has 1 aromatic heterocycles. The van der Waals surface area contributed by atoms with Crippen LogP contribution in [0, 0.1) is 5.92 Å². The molecule has 1 saturated heterocycles. The zero-order valence-corrected chi connectivity index (χ0v) is 17.7. The van der Waals surface area contributed by atoms with Crippen LogP contribution in [0.3, 0.4) is 0 Å². The quantitative estimate of drug-likeness (QED) is 0.760. The van der Waals surface area contributed by atoms with E-state index in [1.807, 2.05) is 24.3 Å². The van der Waals surface area contributed by atoms with E-state index in [1.54, 1.807) is 18.4 Å². The first-order chi connectivity index (χ1) is 13.6. The first kappa shape index (κ1) is 19.5. The number of amides is 1. The minimum atomic E-state index is -0.0326. The molecular formula is C23H30N2O2S. The molecule has 0 atom stereocenters. The third kappa shape index (κ3) is 4.26. The van der Waals surface area contributed by atoms with Crippen LogP contribution in [0.25, 0.3) is 0 Å². The number of thiophene rings is 1. The molecule has 0 bridgehead atoms. The third-order valence-electron chi connectivity index (χ3n) is 6.12. The molecule has 0 spiro atoms. The van der Waals surface area contributed by atoms with Crippen LogP contribution in [-0.4, -0.2) is 31.0 Å². The van der Waals surface area contributed by atoms with Crippen LogP contribution in [-0.2, 0) is 19.4 Å². The maximum absolute atomic E-state index is 12.9. The van der Waals surface area contributed by atoms with Gasteiger partial charge >= 0.3 is 0 Å². The first-order valence-corrected chi connectivity index (χ1v) is 11.3. The van der Waals surface area contributed by atoms with E-state index in [1.165, 1.54) is 41.7 Å². The number of fused-ring (bicyclic) bond motifs is 1. The topological polar surface area (TPSA) is 41.6 Å². The molecule has 4 rings (SSSR count). The summed E-state index contributed by atoms with van der Waals surface area (Å²) in [5.41, 5.74) is 3.56. The standard InChI is InChI=1S/C23H30N2O2S/c1-16-11-13-25(14-12-16)15-20-19-5-3-4-6-21(19)28-23(20)24-22(26)17-7-9-18(27-2)10-8-17/h7-10,16H,3-6,11-15H2,1-2H3,(H,24,26). The number of methoxy groups -OCH3 is 1. The van der Waals surface area contributed by atoms with E-state index in [0.29, 0.717) is 5.56 Å². The van der Waals surface area contributed by atoms with Gasteiger partial charge in [0, 0.05) is 22.5 Å². The van der Waals surface area contributed by atoms with Crippen LogP contribution in [0.1, 0.15) is 59.0 Å². The zero-order valence-electron chi connectivity index (χ0n) is 16.9. The predicted octanol–water partition coefficient (Wildman–Crippen LogP) is 5.12. The summed E-state index contributed by atoms with van der Waals surface area (Å²) in [6.07, 6.45) is 7.39. The number of carbonyl (C=O) groups is 1. The number of rotatable bonds is 5. The van der Waals surface area contributed by atoms with Gasteiger partial charge in [-0.25, -0.2) is 0 Å². The Kier molecular flexibility index (Phi) is 6.02. The summed E-state index contributed by atoms with van der Waals surface area (Å²) >= 11 is 1.80. The molecule has 1 N–H and O–H groups in total. The Labute approximate surface area is 171 Å². The summed E-state index contributed by atoms with van der Waals surface area (Å²) in [5.74, 6) is 1.57. The molecule has 1 amide bonds. The minimum Gasteiger partial charge on any atom is -0.497 e. The lowest BCUT2D eigenvalue weighted by atomic mass is 9.94. The van der Waals surface area contributed by atoms with Crippen molar-refractivity contribution in [3.63, 3.8) is 0 Å². The molecule has 1 aliphatic carbocycles. The summed E-state index contributed by atoms with van der Waals surface area (Å²) in [7, 11) is 1.64. The second-order valence-corrected chi connectivity index (χ2v) is 9.27.